The fourth-order valence-corrected chi connectivity index (χ4v) is 5.31. The average Bonchev–Trinajstić information content (AvgIpc) is 3.37. The first-order valence-electron chi connectivity index (χ1n) is 10.3. The Bertz CT molecular complexity index is 1120. The lowest BCUT2D eigenvalue weighted by Gasteiger charge is -2.24. The minimum atomic E-state index is -0.560. The van der Waals surface area contributed by atoms with Gasteiger partial charge in [-0.1, -0.05) is 71.7 Å². The van der Waals surface area contributed by atoms with Crippen molar-refractivity contribution in [3.63, 3.8) is 0 Å². The highest BCUT2D eigenvalue weighted by molar-refractivity contribution is 6.42. The first kappa shape index (κ1) is 20.4. The number of benzene rings is 3. The summed E-state index contributed by atoms with van der Waals surface area (Å²) in [4.78, 5) is 14.8. The molecule has 1 unspecified atom stereocenters. The second-order valence-corrected chi connectivity index (χ2v) is 9.29. The molecule has 3 aromatic rings. The van der Waals surface area contributed by atoms with Crippen LogP contribution in [0.1, 0.15) is 29.0 Å². The van der Waals surface area contributed by atoms with Gasteiger partial charge in [0.05, 0.1) is 16.0 Å². The Hall–Kier alpha value is -2.53. The molecule has 31 heavy (non-hydrogen) atoms. The monoisotopic (exact) mass is 452 g/mol. The van der Waals surface area contributed by atoms with Gasteiger partial charge in [0.1, 0.15) is 0 Å². The second kappa shape index (κ2) is 7.86. The number of amides is 1. The Kier molecular flexibility index (Phi) is 5.17. The van der Waals surface area contributed by atoms with E-state index in [2.05, 4.69) is 23.1 Å². The number of nitrogens with one attached hydrogen (secondary N) is 1. The van der Waals surface area contributed by atoms with Crippen molar-refractivity contribution in [3.05, 3.63) is 99.5 Å². The predicted molar refractivity (Wildman–Crippen MR) is 123 cm³/mol. The number of piperidine rings is 1. The van der Waals surface area contributed by atoms with Gasteiger partial charge < -0.3 is 4.90 Å². The van der Waals surface area contributed by atoms with Crippen LogP contribution in [0.15, 0.2) is 72.8 Å². The van der Waals surface area contributed by atoms with Crippen molar-refractivity contribution in [1.29, 1.82) is 0 Å². The third-order valence-electron chi connectivity index (χ3n) is 6.74. The van der Waals surface area contributed by atoms with Crippen LogP contribution in [0.3, 0.4) is 0 Å². The standard InChI is InChI=1S/C25H22Cl2N2O2/c26-21-11-8-18(12-22(21)27)25-13-19(25)14-29(15-25)20-9-6-17(7-10-20)23(24(30)28-31)16-4-2-1-3-5-16/h1-12,19,23,31H,13-15H2,(H,28,30)/t19-,23?,25+/m0/s1. The van der Waals surface area contributed by atoms with E-state index in [1.165, 1.54) is 12.0 Å². The van der Waals surface area contributed by atoms with Crippen LogP contribution in [0.4, 0.5) is 5.69 Å². The summed E-state index contributed by atoms with van der Waals surface area (Å²) in [7, 11) is 0. The second-order valence-electron chi connectivity index (χ2n) is 8.48. The zero-order valence-corrected chi connectivity index (χ0v) is 18.3. The minimum absolute atomic E-state index is 0.149. The number of hydroxylamine groups is 1. The molecule has 2 aliphatic rings. The van der Waals surface area contributed by atoms with Gasteiger partial charge in [0.2, 0.25) is 0 Å². The maximum absolute atomic E-state index is 12.4. The molecule has 158 valence electrons. The van der Waals surface area contributed by atoms with Gasteiger partial charge in [-0.25, -0.2) is 5.48 Å². The summed E-state index contributed by atoms with van der Waals surface area (Å²) in [6.07, 6.45) is 1.17. The van der Waals surface area contributed by atoms with Crippen LogP contribution in [-0.4, -0.2) is 24.2 Å². The zero-order chi connectivity index (χ0) is 21.6. The van der Waals surface area contributed by atoms with Crippen LogP contribution >= 0.6 is 23.2 Å². The van der Waals surface area contributed by atoms with Gasteiger partial charge >= 0.3 is 0 Å². The van der Waals surface area contributed by atoms with Gasteiger partial charge in [-0.3, -0.25) is 10.0 Å². The highest BCUT2D eigenvalue weighted by Gasteiger charge is 2.60. The van der Waals surface area contributed by atoms with Crippen molar-refractivity contribution in [3.8, 4) is 0 Å². The SMILES string of the molecule is O=C(NO)C(c1ccccc1)c1ccc(N2C[C@@H]3C[C@]3(c3ccc(Cl)c(Cl)c3)C2)cc1. The van der Waals surface area contributed by atoms with Crippen molar-refractivity contribution < 1.29 is 10.0 Å². The lowest BCUT2D eigenvalue weighted by atomic mass is 9.90. The molecule has 4 nitrogen and oxygen atoms in total. The summed E-state index contributed by atoms with van der Waals surface area (Å²) in [5.41, 5.74) is 6.02. The zero-order valence-electron chi connectivity index (χ0n) is 16.8. The molecule has 1 saturated heterocycles. The molecule has 2 fully saturated rings. The summed E-state index contributed by atoms with van der Waals surface area (Å²) in [5, 5.41) is 10.4. The lowest BCUT2D eigenvalue weighted by molar-refractivity contribution is -0.129. The number of carbonyl (C=O) groups excluding carboxylic acids is 1. The molecule has 0 bridgehead atoms. The number of hydrogen-bond acceptors (Lipinski definition) is 3. The molecular weight excluding hydrogens is 431 g/mol. The van der Waals surface area contributed by atoms with E-state index in [0.29, 0.717) is 16.0 Å². The van der Waals surface area contributed by atoms with Crippen LogP contribution in [-0.2, 0) is 10.2 Å². The number of rotatable bonds is 5. The van der Waals surface area contributed by atoms with Crippen LogP contribution in [0, 0.1) is 5.92 Å². The molecule has 0 spiro atoms. The fraction of sp³-hybridized carbons (Fsp3) is 0.240. The number of halogens is 2. The van der Waals surface area contributed by atoms with E-state index in [0.717, 1.165) is 29.9 Å². The first-order chi connectivity index (χ1) is 15.0. The highest BCUT2D eigenvalue weighted by Crippen LogP contribution is 2.60. The first-order valence-corrected chi connectivity index (χ1v) is 11.1. The molecule has 0 aromatic heterocycles. The molecule has 5 rings (SSSR count). The minimum Gasteiger partial charge on any atom is -0.370 e. The summed E-state index contributed by atoms with van der Waals surface area (Å²) < 4.78 is 0. The van der Waals surface area contributed by atoms with Crippen LogP contribution < -0.4 is 10.4 Å². The smallest absolute Gasteiger partial charge is 0.255 e. The van der Waals surface area contributed by atoms with E-state index < -0.39 is 11.8 Å². The van der Waals surface area contributed by atoms with E-state index in [4.69, 9.17) is 23.2 Å². The van der Waals surface area contributed by atoms with Crippen LogP contribution in [0.5, 0.6) is 0 Å². The van der Waals surface area contributed by atoms with Crippen molar-refractivity contribution in [2.45, 2.75) is 17.8 Å². The van der Waals surface area contributed by atoms with Crippen LogP contribution in [0.2, 0.25) is 10.0 Å². The number of fused-ring (bicyclic) bond motifs is 1. The van der Waals surface area contributed by atoms with Crippen LogP contribution in [0.25, 0.3) is 0 Å². The Labute approximate surface area is 191 Å². The number of carbonyl (C=O) groups is 1. The van der Waals surface area contributed by atoms with Gasteiger partial charge in [0.25, 0.3) is 5.91 Å². The summed E-state index contributed by atoms with van der Waals surface area (Å²) in [6, 6.07) is 23.5. The van der Waals surface area contributed by atoms with E-state index in [9.17, 15) is 10.0 Å². The largest absolute Gasteiger partial charge is 0.370 e. The van der Waals surface area contributed by atoms with Gasteiger partial charge in [0, 0.05) is 24.2 Å². The molecule has 6 heteroatoms. The van der Waals surface area contributed by atoms with E-state index in [1.54, 1.807) is 5.48 Å². The van der Waals surface area contributed by atoms with Crippen molar-refractivity contribution in [2.75, 3.05) is 18.0 Å². The Morgan fingerprint density at radius 2 is 1.71 bits per heavy atom. The molecule has 1 amide bonds. The van der Waals surface area contributed by atoms with E-state index >= 15 is 0 Å². The van der Waals surface area contributed by atoms with E-state index in [-0.39, 0.29) is 5.41 Å². The predicted octanol–water partition coefficient (Wildman–Crippen LogP) is 5.41. The lowest BCUT2D eigenvalue weighted by Crippen LogP contribution is -2.28. The third kappa shape index (κ3) is 3.59. The van der Waals surface area contributed by atoms with Crippen molar-refractivity contribution in [1.82, 2.24) is 5.48 Å². The number of hydrogen-bond donors (Lipinski definition) is 2. The molecule has 1 aliphatic heterocycles. The topological polar surface area (TPSA) is 52.6 Å². The molecule has 0 radical (unpaired) electrons. The summed E-state index contributed by atoms with van der Waals surface area (Å²) in [5.74, 6) is -0.392. The summed E-state index contributed by atoms with van der Waals surface area (Å²) >= 11 is 12.4. The Balaban J connectivity index is 1.37. The van der Waals surface area contributed by atoms with E-state index in [1.807, 2.05) is 54.6 Å². The maximum Gasteiger partial charge on any atom is 0.255 e. The van der Waals surface area contributed by atoms with Crippen molar-refractivity contribution in [2.24, 2.45) is 5.92 Å². The van der Waals surface area contributed by atoms with Gasteiger partial charge in [-0.2, -0.15) is 0 Å². The molecule has 2 N–H and O–H groups in total. The molecule has 3 atom stereocenters. The molecule has 1 heterocycles. The molecular formula is C25H22Cl2N2O2. The average molecular weight is 453 g/mol. The van der Waals surface area contributed by atoms with Gasteiger partial charge in [-0.05, 0) is 53.3 Å². The van der Waals surface area contributed by atoms with Gasteiger partial charge in [0.15, 0.2) is 0 Å². The maximum atomic E-state index is 12.4. The normalized spacial score (nSPS) is 22.7. The number of anilines is 1. The number of nitrogens with zero attached hydrogens (tertiary/aromatic N) is 1. The Morgan fingerprint density at radius 3 is 2.39 bits per heavy atom. The molecule has 1 aliphatic carbocycles. The Morgan fingerprint density at radius 1 is 1.00 bits per heavy atom. The highest BCUT2D eigenvalue weighted by atomic mass is 35.5. The molecule has 1 saturated carbocycles. The molecule has 3 aromatic carbocycles. The van der Waals surface area contributed by atoms with Crippen molar-refractivity contribution >= 4 is 34.8 Å². The van der Waals surface area contributed by atoms with Gasteiger partial charge in [-0.15, -0.1) is 0 Å². The fourth-order valence-electron chi connectivity index (χ4n) is 5.02. The quantitative estimate of drug-likeness (QED) is 0.401. The third-order valence-corrected chi connectivity index (χ3v) is 7.48. The summed E-state index contributed by atoms with van der Waals surface area (Å²) in [6.45, 7) is 1.94.